The summed E-state index contributed by atoms with van der Waals surface area (Å²) in [6.07, 6.45) is 2.79. The van der Waals surface area contributed by atoms with E-state index < -0.39 is 0 Å². The van der Waals surface area contributed by atoms with Gasteiger partial charge in [0.05, 0.1) is 17.4 Å². The number of amides is 1. The normalized spacial score (nSPS) is 14.7. The van der Waals surface area contributed by atoms with Crippen molar-refractivity contribution in [2.45, 2.75) is 26.8 Å². The van der Waals surface area contributed by atoms with Crippen molar-refractivity contribution in [3.8, 4) is 5.75 Å². The molecule has 0 bridgehead atoms. The molecule has 1 saturated heterocycles. The fourth-order valence-electron chi connectivity index (χ4n) is 4.05. The second-order valence-corrected chi connectivity index (χ2v) is 8.80. The van der Waals surface area contributed by atoms with Crippen molar-refractivity contribution in [3.63, 3.8) is 0 Å². The number of nitrogens with one attached hydrogen (secondary N) is 1. The minimum atomic E-state index is -0.0814. The van der Waals surface area contributed by atoms with Gasteiger partial charge in [-0.15, -0.1) is 11.3 Å². The van der Waals surface area contributed by atoms with E-state index in [4.69, 9.17) is 4.74 Å². The molecule has 0 radical (unpaired) electrons. The monoisotopic (exact) mass is 439 g/mol. The predicted octanol–water partition coefficient (Wildman–Crippen LogP) is 3.47. The van der Waals surface area contributed by atoms with Crippen LogP contribution in [0.15, 0.2) is 30.6 Å². The van der Waals surface area contributed by atoms with Gasteiger partial charge >= 0.3 is 0 Å². The van der Waals surface area contributed by atoms with E-state index in [2.05, 4.69) is 32.0 Å². The van der Waals surface area contributed by atoms with E-state index >= 15 is 0 Å². The highest BCUT2D eigenvalue weighted by Crippen LogP contribution is 2.35. The van der Waals surface area contributed by atoms with Crippen molar-refractivity contribution in [3.05, 3.63) is 46.6 Å². The van der Waals surface area contributed by atoms with Crippen LogP contribution in [0, 0.1) is 6.92 Å². The Morgan fingerprint density at radius 1 is 1.23 bits per heavy atom. The third kappa shape index (κ3) is 4.65. The molecule has 7 nitrogen and oxygen atoms in total. The number of carbonyl (C=O) groups is 1. The summed E-state index contributed by atoms with van der Waals surface area (Å²) in [5, 5.41) is 4.04. The van der Waals surface area contributed by atoms with E-state index in [0.29, 0.717) is 11.4 Å². The van der Waals surface area contributed by atoms with Crippen LogP contribution < -0.4 is 15.0 Å². The molecule has 0 spiro atoms. The van der Waals surface area contributed by atoms with Crippen LogP contribution in [-0.4, -0.2) is 60.6 Å². The molecular formula is C23H29N5O2S. The summed E-state index contributed by atoms with van der Waals surface area (Å²) in [6.45, 7) is 9.77. The number of nitrogens with zero attached hydrogens (tertiary/aromatic N) is 4. The van der Waals surface area contributed by atoms with Crippen molar-refractivity contribution < 1.29 is 9.53 Å². The van der Waals surface area contributed by atoms with Gasteiger partial charge in [-0.05, 0) is 43.1 Å². The number of hydrogen-bond donors (Lipinski definition) is 1. The van der Waals surface area contributed by atoms with Gasteiger partial charge < -0.3 is 15.0 Å². The summed E-state index contributed by atoms with van der Waals surface area (Å²) in [4.78, 5) is 28.4. The van der Waals surface area contributed by atoms with Crippen molar-refractivity contribution in [2.75, 3.05) is 44.7 Å². The zero-order valence-corrected chi connectivity index (χ0v) is 19.2. The number of hydrogen-bond acceptors (Lipinski definition) is 7. The topological polar surface area (TPSA) is 70.6 Å². The number of anilines is 1. The largest absolute Gasteiger partial charge is 0.497 e. The second-order valence-electron chi connectivity index (χ2n) is 7.80. The second kappa shape index (κ2) is 9.62. The van der Waals surface area contributed by atoms with Crippen LogP contribution in [-0.2, 0) is 6.54 Å². The lowest BCUT2D eigenvalue weighted by molar-refractivity contribution is 0.0954. The molecule has 0 unspecified atom stereocenters. The van der Waals surface area contributed by atoms with E-state index in [1.165, 1.54) is 17.8 Å². The number of piperazine rings is 1. The molecule has 0 saturated carbocycles. The number of aromatic nitrogens is 2. The van der Waals surface area contributed by atoms with E-state index in [0.717, 1.165) is 65.6 Å². The number of fused-ring (bicyclic) bond motifs is 1. The zero-order chi connectivity index (χ0) is 21.8. The summed E-state index contributed by atoms with van der Waals surface area (Å²) >= 11 is 1.44. The smallest absolute Gasteiger partial charge is 0.261 e. The molecule has 0 atom stereocenters. The van der Waals surface area contributed by atoms with Crippen LogP contribution in [0.2, 0.25) is 0 Å². The molecule has 0 aliphatic carbocycles. The van der Waals surface area contributed by atoms with Gasteiger partial charge in [0, 0.05) is 32.7 Å². The fraction of sp³-hybridized carbons (Fsp3) is 0.435. The number of methoxy groups -OCH3 is 1. The molecule has 1 aromatic carbocycles. The first-order valence-corrected chi connectivity index (χ1v) is 11.5. The molecule has 1 amide bonds. The Morgan fingerprint density at radius 3 is 2.77 bits per heavy atom. The maximum absolute atomic E-state index is 13.0. The first-order valence-electron chi connectivity index (χ1n) is 10.7. The third-order valence-corrected chi connectivity index (χ3v) is 6.91. The predicted molar refractivity (Wildman–Crippen MR) is 125 cm³/mol. The highest BCUT2D eigenvalue weighted by Gasteiger charge is 2.24. The van der Waals surface area contributed by atoms with Crippen molar-refractivity contribution in [2.24, 2.45) is 0 Å². The Kier molecular flexibility index (Phi) is 6.67. The highest BCUT2D eigenvalue weighted by atomic mass is 32.1. The summed E-state index contributed by atoms with van der Waals surface area (Å²) in [6, 6.07) is 7.72. The lowest BCUT2D eigenvalue weighted by atomic mass is 10.1. The van der Waals surface area contributed by atoms with Crippen molar-refractivity contribution in [1.29, 1.82) is 0 Å². The minimum absolute atomic E-state index is 0.0814. The SMILES string of the molecule is CCCN1CCN(c2ncnc3sc(C(=O)NCc4cccc(OC)c4)c(C)c23)CC1. The van der Waals surface area contributed by atoms with Crippen LogP contribution >= 0.6 is 11.3 Å². The first kappa shape index (κ1) is 21.5. The summed E-state index contributed by atoms with van der Waals surface area (Å²) < 4.78 is 5.26. The Labute approximate surface area is 187 Å². The van der Waals surface area contributed by atoms with E-state index in [1.54, 1.807) is 13.4 Å². The van der Waals surface area contributed by atoms with Crippen LogP contribution in [0.4, 0.5) is 5.82 Å². The molecule has 31 heavy (non-hydrogen) atoms. The average Bonchev–Trinajstić information content (AvgIpc) is 3.15. The fourth-order valence-corrected chi connectivity index (χ4v) is 5.11. The van der Waals surface area contributed by atoms with Crippen LogP contribution in [0.25, 0.3) is 10.2 Å². The zero-order valence-electron chi connectivity index (χ0n) is 18.4. The Morgan fingerprint density at radius 2 is 2.03 bits per heavy atom. The van der Waals surface area contributed by atoms with E-state index in [1.807, 2.05) is 31.2 Å². The number of rotatable bonds is 7. The van der Waals surface area contributed by atoms with Gasteiger partial charge in [0.2, 0.25) is 0 Å². The molecule has 1 N–H and O–H groups in total. The molecule has 3 aromatic rings. The minimum Gasteiger partial charge on any atom is -0.497 e. The number of carbonyl (C=O) groups excluding carboxylic acids is 1. The van der Waals surface area contributed by atoms with Crippen LogP contribution in [0.5, 0.6) is 5.75 Å². The van der Waals surface area contributed by atoms with Gasteiger partial charge in [0.25, 0.3) is 5.91 Å². The molecular weight excluding hydrogens is 410 g/mol. The molecule has 1 aliphatic rings. The quantitative estimate of drug-likeness (QED) is 0.608. The summed E-state index contributed by atoms with van der Waals surface area (Å²) in [7, 11) is 1.64. The van der Waals surface area contributed by atoms with E-state index in [-0.39, 0.29) is 5.91 Å². The standard InChI is InChI=1S/C23H29N5O2S/c1-4-8-27-9-11-28(12-10-27)21-19-16(2)20(31-23(19)26-15-25-21)22(29)24-14-17-6-5-7-18(13-17)30-3/h5-7,13,15H,4,8-12,14H2,1-3H3,(H,24,29). The van der Waals surface area contributed by atoms with Gasteiger partial charge in [0.15, 0.2) is 0 Å². The van der Waals surface area contributed by atoms with Gasteiger partial charge in [-0.2, -0.15) is 0 Å². The number of thiophene rings is 1. The molecule has 2 aromatic heterocycles. The first-order chi connectivity index (χ1) is 15.1. The molecule has 1 aliphatic heterocycles. The summed E-state index contributed by atoms with van der Waals surface area (Å²) in [5.41, 5.74) is 1.95. The van der Waals surface area contributed by atoms with E-state index in [9.17, 15) is 4.79 Å². The lowest BCUT2D eigenvalue weighted by Crippen LogP contribution is -2.46. The van der Waals surface area contributed by atoms with Crippen molar-refractivity contribution in [1.82, 2.24) is 20.2 Å². The Hall–Kier alpha value is -2.71. The third-order valence-electron chi connectivity index (χ3n) is 5.71. The highest BCUT2D eigenvalue weighted by molar-refractivity contribution is 7.20. The number of ether oxygens (including phenoxy) is 1. The number of benzene rings is 1. The van der Waals surface area contributed by atoms with Crippen LogP contribution in [0.1, 0.15) is 34.1 Å². The Bertz CT molecular complexity index is 1060. The molecule has 8 heteroatoms. The average molecular weight is 440 g/mol. The van der Waals surface area contributed by atoms with Gasteiger partial charge in [-0.1, -0.05) is 19.1 Å². The molecule has 164 valence electrons. The van der Waals surface area contributed by atoms with Crippen molar-refractivity contribution >= 4 is 33.3 Å². The number of aryl methyl sites for hydroxylation is 1. The van der Waals surface area contributed by atoms with Gasteiger partial charge in [-0.25, -0.2) is 9.97 Å². The maximum atomic E-state index is 13.0. The van der Waals surface area contributed by atoms with Gasteiger partial charge in [0.1, 0.15) is 22.7 Å². The molecule has 4 rings (SSSR count). The molecule has 1 fully saturated rings. The Balaban J connectivity index is 1.52. The molecule has 3 heterocycles. The maximum Gasteiger partial charge on any atom is 0.261 e. The summed E-state index contributed by atoms with van der Waals surface area (Å²) in [5.74, 6) is 1.65. The van der Waals surface area contributed by atoms with Crippen LogP contribution in [0.3, 0.4) is 0 Å². The lowest BCUT2D eigenvalue weighted by Gasteiger charge is -2.35. The van der Waals surface area contributed by atoms with Gasteiger partial charge in [-0.3, -0.25) is 9.69 Å².